The Hall–Kier alpha value is -2.85. The first-order chi connectivity index (χ1) is 14.7. The van der Waals surface area contributed by atoms with Gasteiger partial charge in [-0.2, -0.15) is 4.72 Å². The first-order valence-corrected chi connectivity index (χ1v) is 11.6. The number of nitrogens with two attached hydrogens (primary N) is 2. The number of aliphatic imine (C=N–C) groups is 1. The number of nitrogens with zero attached hydrogens (tertiary/aromatic N) is 2. The molecular weight excluding hydrogens is 418 g/mol. The van der Waals surface area contributed by atoms with Crippen molar-refractivity contribution in [3.8, 4) is 0 Å². The summed E-state index contributed by atoms with van der Waals surface area (Å²) in [5.41, 5.74) is 11.5. The first kappa shape index (κ1) is 24.4. The molecule has 0 heterocycles. The number of anilines is 1. The number of guanidine groups is 1. The number of nitrogens with one attached hydrogen (secondary N) is 1. The fourth-order valence-electron chi connectivity index (χ4n) is 3.17. The van der Waals surface area contributed by atoms with Gasteiger partial charge in [0.25, 0.3) is 0 Å². The number of hydrogen-bond donors (Lipinski definition) is 3. The second-order valence-electron chi connectivity index (χ2n) is 7.31. The Bertz CT molecular complexity index is 1030. The largest absolute Gasteiger partial charge is 0.465 e. The van der Waals surface area contributed by atoms with Gasteiger partial charge in [-0.1, -0.05) is 31.2 Å². The van der Waals surface area contributed by atoms with E-state index in [2.05, 4.69) is 9.71 Å². The maximum atomic E-state index is 13.3. The molecule has 5 N–H and O–H groups in total. The summed E-state index contributed by atoms with van der Waals surface area (Å²) in [7, 11) is -0.220. The number of sulfonamides is 1. The van der Waals surface area contributed by atoms with Gasteiger partial charge in [-0.3, -0.25) is 9.79 Å². The second-order valence-corrected chi connectivity index (χ2v) is 9.00. The van der Waals surface area contributed by atoms with Crippen LogP contribution in [0, 0.1) is 0 Å². The van der Waals surface area contributed by atoms with Crippen LogP contribution in [0.2, 0.25) is 0 Å². The van der Waals surface area contributed by atoms with Crippen molar-refractivity contribution in [1.29, 1.82) is 0 Å². The topological polar surface area (TPSA) is 140 Å². The third-order valence-electron chi connectivity index (χ3n) is 4.61. The summed E-state index contributed by atoms with van der Waals surface area (Å²) in [6.07, 6.45) is 1.24. The number of rotatable bonds is 11. The fourth-order valence-corrected chi connectivity index (χ4v) is 4.61. The van der Waals surface area contributed by atoms with E-state index in [1.165, 1.54) is 6.07 Å². The summed E-state index contributed by atoms with van der Waals surface area (Å²) >= 11 is 0. The predicted molar refractivity (Wildman–Crippen MR) is 124 cm³/mol. The second kappa shape index (κ2) is 11.0. The van der Waals surface area contributed by atoms with E-state index in [0.29, 0.717) is 18.2 Å². The molecule has 170 valence electrons. The summed E-state index contributed by atoms with van der Waals surface area (Å²) in [5, 5.41) is 1.37. The van der Waals surface area contributed by atoms with Crippen LogP contribution in [0.25, 0.3) is 10.8 Å². The molecule has 1 unspecified atom stereocenters. The number of hydrogen-bond acceptors (Lipinski definition) is 6. The van der Waals surface area contributed by atoms with Gasteiger partial charge in [-0.25, -0.2) is 8.42 Å². The summed E-state index contributed by atoms with van der Waals surface area (Å²) in [4.78, 5) is 18.4. The highest BCUT2D eigenvalue weighted by Gasteiger charge is 2.28. The SMILES string of the molecule is CCCOC(=O)C(CCCN=C(N)N)NS(=O)(=O)c1cccc2c(N(C)C)cccc12. The Kier molecular flexibility index (Phi) is 8.64. The molecule has 0 aliphatic rings. The number of ether oxygens (including phenoxy) is 1. The Labute approximate surface area is 183 Å². The molecule has 0 bridgehead atoms. The average molecular weight is 450 g/mol. The lowest BCUT2D eigenvalue weighted by Crippen LogP contribution is -2.42. The molecule has 0 fully saturated rings. The predicted octanol–water partition coefficient (Wildman–Crippen LogP) is 1.56. The zero-order valence-electron chi connectivity index (χ0n) is 18.2. The van der Waals surface area contributed by atoms with Gasteiger partial charge in [0.05, 0.1) is 11.5 Å². The summed E-state index contributed by atoms with van der Waals surface area (Å²) in [6.45, 7) is 2.36. The van der Waals surface area contributed by atoms with E-state index < -0.39 is 22.0 Å². The van der Waals surface area contributed by atoms with Gasteiger partial charge < -0.3 is 21.1 Å². The van der Waals surface area contributed by atoms with E-state index in [0.717, 1.165) is 11.1 Å². The number of fused-ring (bicyclic) bond motifs is 1. The minimum Gasteiger partial charge on any atom is -0.465 e. The summed E-state index contributed by atoms with van der Waals surface area (Å²) < 4.78 is 34.2. The Morgan fingerprint density at radius 2 is 1.84 bits per heavy atom. The van der Waals surface area contributed by atoms with E-state index in [1.54, 1.807) is 18.2 Å². The van der Waals surface area contributed by atoms with Crippen LogP contribution < -0.4 is 21.1 Å². The average Bonchev–Trinajstić information content (AvgIpc) is 2.72. The van der Waals surface area contributed by atoms with Crippen LogP contribution in [0.3, 0.4) is 0 Å². The maximum absolute atomic E-state index is 13.3. The monoisotopic (exact) mass is 449 g/mol. The van der Waals surface area contributed by atoms with Gasteiger partial charge in [0.2, 0.25) is 10.0 Å². The molecule has 2 aromatic rings. The fraction of sp³-hybridized carbons (Fsp3) is 0.429. The molecule has 0 saturated heterocycles. The van der Waals surface area contributed by atoms with Crippen molar-refractivity contribution in [2.24, 2.45) is 16.5 Å². The Morgan fingerprint density at radius 3 is 2.48 bits per heavy atom. The highest BCUT2D eigenvalue weighted by Crippen LogP contribution is 2.30. The number of carbonyl (C=O) groups excluding carboxylic acids is 1. The Balaban J connectivity index is 2.35. The molecule has 9 nitrogen and oxygen atoms in total. The molecule has 2 rings (SSSR count). The smallest absolute Gasteiger partial charge is 0.324 e. The highest BCUT2D eigenvalue weighted by molar-refractivity contribution is 7.89. The molecule has 0 aliphatic carbocycles. The van der Waals surface area contributed by atoms with E-state index in [-0.39, 0.29) is 30.4 Å². The van der Waals surface area contributed by atoms with Crippen LogP contribution in [-0.2, 0) is 19.6 Å². The zero-order valence-corrected chi connectivity index (χ0v) is 19.0. The molecule has 0 spiro atoms. The van der Waals surface area contributed by atoms with Crippen LogP contribution in [0.15, 0.2) is 46.3 Å². The Morgan fingerprint density at radius 1 is 1.16 bits per heavy atom. The van der Waals surface area contributed by atoms with Crippen LogP contribution in [-0.4, -0.2) is 53.6 Å². The molecule has 0 radical (unpaired) electrons. The molecule has 0 saturated carbocycles. The van der Waals surface area contributed by atoms with E-state index >= 15 is 0 Å². The lowest BCUT2D eigenvalue weighted by atomic mass is 10.1. The van der Waals surface area contributed by atoms with Crippen LogP contribution in [0.4, 0.5) is 5.69 Å². The van der Waals surface area contributed by atoms with E-state index in [1.807, 2.05) is 38.1 Å². The summed E-state index contributed by atoms with van der Waals surface area (Å²) in [6, 6.07) is 9.51. The van der Waals surface area contributed by atoms with Crippen molar-refractivity contribution in [1.82, 2.24) is 4.72 Å². The molecule has 10 heteroatoms. The van der Waals surface area contributed by atoms with Crippen molar-refractivity contribution in [2.75, 3.05) is 32.1 Å². The van der Waals surface area contributed by atoms with Gasteiger partial charge in [-0.15, -0.1) is 0 Å². The molecule has 1 atom stereocenters. The number of carbonyl (C=O) groups is 1. The molecule has 0 amide bonds. The molecule has 0 aliphatic heterocycles. The maximum Gasteiger partial charge on any atom is 0.324 e. The first-order valence-electron chi connectivity index (χ1n) is 10.1. The van der Waals surface area contributed by atoms with Gasteiger partial charge >= 0.3 is 5.97 Å². The van der Waals surface area contributed by atoms with Crippen molar-refractivity contribution < 1.29 is 17.9 Å². The summed E-state index contributed by atoms with van der Waals surface area (Å²) in [5.74, 6) is -0.678. The van der Waals surface area contributed by atoms with Crippen LogP contribution in [0.1, 0.15) is 26.2 Å². The van der Waals surface area contributed by atoms with Crippen molar-refractivity contribution in [3.05, 3.63) is 36.4 Å². The highest BCUT2D eigenvalue weighted by atomic mass is 32.2. The van der Waals surface area contributed by atoms with E-state index in [9.17, 15) is 13.2 Å². The van der Waals surface area contributed by atoms with Crippen molar-refractivity contribution in [3.63, 3.8) is 0 Å². The molecular formula is C21H31N5O4S. The quantitative estimate of drug-likeness (QED) is 0.205. The minimum absolute atomic E-state index is 0.0573. The van der Waals surface area contributed by atoms with Gasteiger partial charge in [-0.05, 0) is 31.4 Å². The van der Waals surface area contributed by atoms with Crippen molar-refractivity contribution >= 4 is 38.4 Å². The molecule has 0 aromatic heterocycles. The zero-order chi connectivity index (χ0) is 23.0. The third kappa shape index (κ3) is 6.56. The van der Waals surface area contributed by atoms with Crippen LogP contribution in [0.5, 0.6) is 0 Å². The van der Waals surface area contributed by atoms with Crippen LogP contribution >= 0.6 is 0 Å². The minimum atomic E-state index is -4.01. The van der Waals surface area contributed by atoms with Gasteiger partial charge in [0.15, 0.2) is 5.96 Å². The third-order valence-corrected chi connectivity index (χ3v) is 6.14. The normalized spacial score (nSPS) is 12.4. The lowest BCUT2D eigenvalue weighted by Gasteiger charge is -2.20. The lowest BCUT2D eigenvalue weighted by molar-refractivity contribution is -0.145. The number of benzene rings is 2. The van der Waals surface area contributed by atoms with Gasteiger partial charge in [0.1, 0.15) is 6.04 Å². The molecule has 31 heavy (non-hydrogen) atoms. The molecule has 2 aromatic carbocycles. The van der Waals surface area contributed by atoms with Gasteiger partial charge in [0, 0.05) is 37.1 Å². The van der Waals surface area contributed by atoms with E-state index in [4.69, 9.17) is 16.2 Å². The standard InChI is InChI=1S/C21H31N5O4S/c1-4-14-30-20(27)17(10-7-13-24-21(22)23)25-31(28,29)19-12-6-8-15-16(19)9-5-11-18(15)26(2)3/h5-6,8-9,11-12,17,25H,4,7,10,13-14H2,1-3H3,(H4,22,23,24). The number of esters is 1. The van der Waals surface area contributed by atoms with Crippen molar-refractivity contribution in [2.45, 2.75) is 37.1 Å².